The van der Waals surface area contributed by atoms with E-state index in [1.807, 2.05) is 24.3 Å². The summed E-state index contributed by atoms with van der Waals surface area (Å²) in [5.41, 5.74) is 1.75. The van der Waals surface area contributed by atoms with Crippen molar-refractivity contribution in [2.45, 2.75) is 11.4 Å². The summed E-state index contributed by atoms with van der Waals surface area (Å²) in [7, 11) is -2.10. The van der Waals surface area contributed by atoms with Gasteiger partial charge in [-0.25, -0.2) is 8.42 Å². The number of nitrogens with one attached hydrogen (secondary N) is 2. The first kappa shape index (κ1) is 20.9. The number of ether oxygens (including phenoxy) is 1. The van der Waals surface area contributed by atoms with E-state index >= 15 is 0 Å². The van der Waals surface area contributed by atoms with Gasteiger partial charge in [0.2, 0.25) is 0 Å². The topological polar surface area (TPSA) is 84.5 Å². The summed E-state index contributed by atoms with van der Waals surface area (Å²) in [6, 6.07) is 20.0. The molecule has 1 amide bonds. The Morgan fingerprint density at radius 3 is 2.14 bits per heavy atom. The maximum absolute atomic E-state index is 12.4. The van der Waals surface area contributed by atoms with E-state index in [2.05, 4.69) is 26.0 Å². The van der Waals surface area contributed by atoms with Gasteiger partial charge in [0.15, 0.2) is 0 Å². The molecule has 0 aliphatic carbocycles. The Labute approximate surface area is 178 Å². The van der Waals surface area contributed by atoms with Crippen LogP contribution in [0.2, 0.25) is 0 Å². The Balaban J connectivity index is 1.61. The molecule has 0 heterocycles. The SMILES string of the molecule is COc1ccc(CNC(=O)c2ccc(NS(=O)(=O)c3ccc(Br)cc3)cc2)cc1. The average molecular weight is 475 g/mol. The molecule has 3 rings (SSSR count). The summed E-state index contributed by atoms with van der Waals surface area (Å²) in [6.45, 7) is 0.376. The van der Waals surface area contributed by atoms with E-state index < -0.39 is 10.0 Å². The number of methoxy groups -OCH3 is 1. The Kier molecular flexibility index (Phi) is 6.56. The first-order valence-corrected chi connectivity index (χ1v) is 10.9. The molecule has 8 heteroatoms. The van der Waals surface area contributed by atoms with Gasteiger partial charge >= 0.3 is 0 Å². The number of sulfonamides is 1. The highest BCUT2D eigenvalue weighted by Crippen LogP contribution is 2.19. The van der Waals surface area contributed by atoms with Gasteiger partial charge in [0.1, 0.15) is 5.75 Å². The number of rotatable bonds is 7. The molecule has 0 saturated carbocycles. The summed E-state index contributed by atoms with van der Waals surface area (Å²) in [5.74, 6) is 0.504. The van der Waals surface area contributed by atoms with Gasteiger partial charge in [0.25, 0.3) is 15.9 Å². The minimum Gasteiger partial charge on any atom is -0.497 e. The van der Waals surface area contributed by atoms with Crippen LogP contribution in [0.25, 0.3) is 0 Å². The molecule has 0 spiro atoms. The molecule has 0 aliphatic rings. The third kappa shape index (κ3) is 5.58. The smallest absolute Gasteiger partial charge is 0.261 e. The van der Waals surface area contributed by atoms with E-state index in [4.69, 9.17) is 4.74 Å². The molecule has 0 unspecified atom stereocenters. The van der Waals surface area contributed by atoms with Gasteiger partial charge in [0.05, 0.1) is 12.0 Å². The fourth-order valence-electron chi connectivity index (χ4n) is 2.55. The van der Waals surface area contributed by atoms with Crippen LogP contribution in [0.3, 0.4) is 0 Å². The van der Waals surface area contributed by atoms with E-state index in [1.165, 1.54) is 12.1 Å². The zero-order valence-electron chi connectivity index (χ0n) is 15.6. The quantitative estimate of drug-likeness (QED) is 0.537. The van der Waals surface area contributed by atoms with Gasteiger partial charge in [-0.3, -0.25) is 9.52 Å². The van der Waals surface area contributed by atoms with Crippen molar-refractivity contribution < 1.29 is 17.9 Å². The second kappa shape index (κ2) is 9.11. The maximum atomic E-state index is 12.4. The van der Waals surface area contributed by atoms with Crippen LogP contribution in [0.15, 0.2) is 82.2 Å². The third-order valence-corrected chi connectivity index (χ3v) is 6.06. The number of halogens is 1. The molecule has 0 bridgehead atoms. The van der Waals surface area contributed by atoms with Gasteiger partial charge in [-0.15, -0.1) is 0 Å². The summed E-state index contributed by atoms with van der Waals surface area (Å²) in [5, 5.41) is 2.83. The second-order valence-electron chi connectivity index (χ2n) is 6.17. The van der Waals surface area contributed by atoms with Crippen molar-refractivity contribution in [3.8, 4) is 5.75 Å². The van der Waals surface area contributed by atoms with Crippen molar-refractivity contribution in [3.05, 3.63) is 88.4 Å². The number of carbonyl (C=O) groups is 1. The monoisotopic (exact) mass is 474 g/mol. The van der Waals surface area contributed by atoms with Crippen molar-refractivity contribution >= 4 is 37.5 Å². The second-order valence-corrected chi connectivity index (χ2v) is 8.77. The van der Waals surface area contributed by atoms with Crippen molar-refractivity contribution in [2.24, 2.45) is 0 Å². The van der Waals surface area contributed by atoms with E-state index in [0.29, 0.717) is 17.8 Å². The molecule has 29 heavy (non-hydrogen) atoms. The predicted molar refractivity (Wildman–Crippen MR) is 116 cm³/mol. The molecule has 0 radical (unpaired) electrons. The number of hydrogen-bond donors (Lipinski definition) is 2. The number of hydrogen-bond acceptors (Lipinski definition) is 4. The Hall–Kier alpha value is -2.84. The lowest BCUT2D eigenvalue weighted by atomic mass is 10.2. The summed E-state index contributed by atoms with van der Waals surface area (Å²) < 4.78 is 33.2. The van der Waals surface area contributed by atoms with Gasteiger partial charge in [-0.05, 0) is 66.2 Å². The van der Waals surface area contributed by atoms with E-state index in [1.54, 1.807) is 43.5 Å². The van der Waals surface area contributed by atoms with E-state index in [9.17, 15) is 13.2 Å². The number of benzene rings is 3. The van der Waals surface area contributed by atoms with Crippen LogP contribution in [0.4, 0.5) is 5.69 Å². The van der Waals surface area contributed by atoms with Crippen molar-refractivity contribution in [1.29, 1.82) is 0 Å². The average Bonchev–Trinajstić information content (AvgIpc) is 2.73. The van der Waals surface area contributed by atoms with Gasteiger partial charge in [-0.1, -0.05) is 28.1 Å². The maximum Gasteiger partial charge on any atom is 0.261 e. The normalized spacial score (nSPS) is 11.0. The predicted octanol–water partition coefficient (Wildman–Crippen LogP) is 4.19. The molecule has 0 atom stereocenters. The molecule has 2 N–H and O–H groups in total. The van der Waals surface area contributed by atoms with Crippen LogP contribution < -0.4 is 14.8 Å². The highest BCUT2D eigenvalue weighted by atomic mass is 79.9. The molecule has 150 valence electrons. The van der Waals surface area contributed by atoms with Crippen LogP contribution >= 0.6 is 15.9 Å². The Bertz CT molecular complexity index is 1080. The molecule has 3 aromatic rings. The van der Waals surface area contributed by atoms with Crippen LogP contribution in [-0.2, 0) is 16.6 Å². The van der Waals surface area contributed by atoms with Crippen molar-refractivity contribution in [2.75, 3.05) is 11.8 Å². The molecule has 0 aliphatic heterocycles. The standard InChI is InChI=1S/C21H19BrN2O4S/c1-28-19-10-2-15(3-11-19)14-23-21(25)16-4-8-18(9-5-16)24-29(26,27)20-12-6-17(22)7-13-20/h2-13,24H,14H2,1H3,(H,23,25). The van der Waals surface area contributed by atoms with Gasteiger partial charge in [-0.2, -0.15) is 0 Å². The van der Waals surface area contributed by atoms with Gasteiger partial charge in [0, 0.05) is 22.3 Å². The lowest BCUT2D eigenvalue weighted by molar-refractivity contribution is 0.0951. The first-order chi connectivity index (χ1) is 13.9. The minimum absolute atomic E-state index is 0.155. The zero-order valence-corrected chi connectivity index (χ0v) is 18.0. The molecular formula is C21H19BrN2O4S. The summed E-state index contributed by atoms with van der Waals surface area (Å²) in [4.78, 5) is 12.5. The van der Waals surface area contributed by atoms with E-state index in [0.717, 1.165) is 15.8 Å². The molecule has 6 nitrogen and oxygen atoms in total. The number of amides is 1. The largest absolute Gasteiger partial charge is 0.497 e. The number of carbonyl (C=O) groups excluding carboxylic acids is 1. The highest BCUT2D eigenvalue weighted by molar-refractivity contribution is 9.10. The summed E-state index contributed by atoms with van der Waals surface area (Å²) >= 11 is 3.28. The highest BCUT2D eigenvalue weighted by Gasteiger charge is 2.14. The number of anilines is 1. The molecule has 3 aromatic carbocycles. The fourth-order valence-corrected chi connectivity index (χ4v) is 3.87. The van der Waals surface area contributed by atoms with Crippen LogP contribution in [0, 0.1) is 0 Å². The molecule has 0 saturated heterocycles. The molecule has 0 aromatic heterocycles. The Morgan fingerprint density at radius 2 is 1.55 bits per heavy atom. The third-order valence-electron chi connectivity index (χ3n) is 4.14. The first-order valence-electron chi connectivity index (χ1n) is 8.67. The molecule has 0 fully saturated rings. The van der Waals surface area contributed by atoms with Crippen LogP contribution in [0.5, 0.6) is 5.75 Å². The van der Waals surface area contributed by atoms with Crippen molar-refractivity contribution in [1.82, 2.24) is 5.32 Å². The van der Waals surface area contributed by atoms with Crippen molar-refractivity contribution in [3.63, 3.8) is 0 Å². The summed E-state index contributed by atoms with van der Waals surface area (Å²) in [6.07, 6.45) is 0. The molecular weight excluding hydrogens is 456 g/mol. The lowest BCUT2D eigenvalue weighted by Gasteiger charge is -2.10. The van der Waals surface area contributed by atoms with Crippen LogP contribution in [-0.4, -0.2) is 21.4 Å². The zero-order chi connectivity index (χ0) is 20.9. The van der Waals surface area contributed by atoms with Crippen LogP contribution in [0.1, 0.15) is 15.9 Å². The Morgan fingerprint density at radius 1 is 0.931 bits per heavy atom. The lowest BCUT2D eigenvalue weighted by Crippen LogP contribution is -2.22. The van der Waals surface area contributed by atoms with Gasteiger partial charge < -0.3 is 10.1 Å². The fraction of sp³-hybridized carbons (Fsp3) is 0.0952. The van der Waals surface area contributed by atoms with E-state index in [-0.39, 0.29) is 10.8 Å². The minimum atomic E-state index is -3.70.